The lowest BCUT2D eigenvalue weighted by atomic mass is 9.98. The van der Waals surface area contributed by atoms with E-state index in [0.717, 1.165) is 13.0 Å². The van der Waals surface area contributed by atoms with Gasteiger partial charge in [0.15, 0.2) is 6.54 Å². The fourth-order valence-electron chi connectivity index (χ4n) is 2.89. The maximum absolute atomic E-state index is 12.1. The highest BCUT2D eigenvalue weighted by atomic mass is 32.1. The fourth-order valence-corrected chi connectivity index (χ4v) is 4.71. The zero-order valence-corrected chi connectivity index (χ0v) is 13.9. The molecule has 3 amide bonds. The number of carbonyl (C=O) groups is 2. The zero-order valence-electron chi connectivity index (χ0n) is 12.2. The highest BCUT2D eigenvalue weighted by Crippen LogP contribution is 2.31. The van der Waals surface area contributed by atoms with Crippen LogP contribution in [0.1, 0.15) is 21.4 Å². The van der Waals surface area contributed by atoms with Crippen LogP contribution in [-0.4, -0.2) is 32.1 Å². The lowest BCUT2D eigenvalue weighted by Gasteiger charge is -2.31. The first kappa shape index (κ1) is 15.2. The highest BCUT2D eigenvalue weighted by molar-refractivity contribution is 7.10. The van der Waals surface area contributed by atoms with E-state index in [2.05, 4.69) is 33.5 Å². The molecule has 0 bridgehead atoms. The minimum absolute atomic E-state index is 0.186. The Labute approximate surface area is 137 Å². The molecule has 7 heteroatoms. The van der Waals surface area contributed by atoms with Crippen LogP contribution in [0, 0.1) is 0 Å². The van der Waals surface area contributed by atoms with Crippen LogP contribution in [0.2, 0.25) is 0 Å². The van der Waals surface area contributed by atoms with Gasteiger partial charge in [0, 0.05) is 23.9 Å². The van der Waals surface area contributed by atoms with Gasteiger partial charge in [0.25, 0.3) is 5.91 Å². The van der Waals surface area contributed by atoms with Crippen molar-refractivity contribution in [2.45, 2.75) is 12.5 Å². The SMILES string of the molecule is CNC(=O)NC(=O)C[NH+]1CCc2sccc2[C@H]1c1cccs1. The number of thiophene rings is 2. The first-order chi connectivity index (χ1) is 10.7. The second-order valence-electron chi connectivity index (χ2n) is 5.21. The third-order valence-corrected chi connectivity index (χ3v) is 5.80. The Kier molecular flexibility index (Phi) is 4.56. The predicted molar refractivity (Wildman–Crippen MR) is 87.5 cm³/mol. The number of nitrogens with one attached hydrogen (secondary N) is 3. The first-order valence-electron chi connectivity index (χ1n) is 7.15. The maximum atomic E-state index is 12.1. The van der Waals surface area contributed by atoms with E-state index in [1.54, 1.807) is 22.7 Å². The van der Waals surface area contributed by atoms with E-state index >= 15 is 0 Å². The van der Waals surface area contributed by atoms with Gasteiger partial charge in [-0.1, -0.05) is 6.07 Å². The van der Waals surface area contributed by atoms with Crippen molar-refractivity contribution in [2.75, 3.05) is 20.1 Å². The molecule has 1 aliphatic heterocycles. The van der Waals surface area contributed by atoms with E-state index in [1.807, 2.05) is 6.07 Å². The molecular formula is C15H18N3O2S2+. The average Bonchev–Trinajstić information content (AvgIpc) is 3.17. The molecule has 116 valence electrons. The molecule has 0 aromatic carbocycles. The molecule has 2 aromatic rings. The van der Waals surface area contributed by atoms with Crippen LogP contribution in [0.4, 0.5) is 4.79 Å². The van der Waals surface area contributed by atoms with Crippen molar-refractivity contribution in [1.29, 1.82) is 0 Å². The number of rotatable bonds is 3. The van der Waals surface area contributed by atoms with Crippen LogP contribution >= 0.6 is 22.7 Å². The summed E-state index contributed by atoms with van der Waals surface area (Å²) in [6, 6.07) is 6.07. The Morgan fingerprint density at radius 3 is 2.91 bits per heavy atom. The Balaban J connectivity index is 1.81. The first-order valence-corrected chi connectivity index (χ1v) is 8.90. The van der Waals surface area contributed by atoms with Crippen molar-refractivity contribution in [3.8, 4) is 0 Å². The molecule has 0 fully saturated rings. The van der Waals surface area contributed by atoms with Gasteiger partial charge < -0.3 is 10.2 Å². The molecule has 3 rings (SSSR count). The Hall–Kier alpha value is -1.70. The van der Waals surface area contributed by atoms with Crippen molar-refractivity contribution in [3.63, 3.8) is 0 Å². The second kappa shape index (κ2) is 6.60. The Morgan fingerprint density at radius 2 is 2.18 bits per heavy atom. The van der Waals surface area contributed by atoms with Gasteiger partial charge in [0.05, 0.1) is 11.4 Å². The molecule has 0 spiro atoms. The van der Waals surface area contributed by atoms with E-state index in [0.29, 0.717) is 6.54 Å². The normalized spacial score (nSPS) is 20.2. The molecule has 22 heavy (non-hydrogen) atoms. The van der Waals surface area contributed by atoms with Gasteiger partial charge >= 0.3 is 6.03 Å². The summed E-state index contributed by atoms with van der Waals surface area (Å²) in [4.78, 5) is 27.2. The number of urea groups is 1. The van der Waals surface area contributed by atoms with E-state index in [9.17, 15) is 9.59 Å². The van der Waals surface area contributed by atoms with Gasteiger partial charge in [0.1, 0.15) is 6.04 Å². The largest absolute Gasteiger partial charge is 0.341 e. The molecule has 0 saturated heterocycles. The topological polar surface area (TPSA) is 62.6 Å². The summed E-state index contributed by atoms with van der Waals surface area (Å²) in [5.74, 6) is -0.241. The van der Waals surface area contributed by atoms with Crippen LogP contribution < -0.4 is 15.5 Å². The molecular weight excluding hydrogens is 318 g/mol. The number of hydrogen-bond donors (Lipinski definition) is 3. The van der Waals surface area contributed by atoms with Gasteiger partial charge in [0.2, 0.25) is 0 Å². The minimum atomic E-state index is -0.453. The summed E-state index contributed by atoms with van der Waals surface area (Å²) in [6.45, 7) is 1.20. The van der Waals surface area contributed by atoms with Gasteiger partial charge in [-0.2, -0.15) is 0 Å². The number of imide groups is 1. The summed E-state index contributed by atoms with van der Waals surface area (Å²) in [6.07, 6.45) is 0.984. The highest BCUT2D eigenvalue weighted by Gasteiger charge is 2.35. The van der Waals surface area contributed by atoms with E-state index in [-0.39, 0.29) is 11.9 Å². The zero-order chi connectivity index (χ0) is 15.5. The van der Waals surface area contributed by atoms with E-state index in [4.69, 9.17) is 0 Å². The standard InChI is InChI=1S/C15H17N3O2S2/c1-16-15(20)17-13(19)9-18-6-4-11-10(5-8-22-11)14(18)12-3-2-7-21-12/h2-3,5,7-8,14H,4,6,9H2,1H3,(H2,16,17,19,20)/p+1/t14-/m0/s1. The lowest BCUT2D eigenvalue weighted by Crippen LogP contribution is -3.14. The summed E-state index contributed by atoms with van der Waals surface area (Å²) >= 11 is 3.51. The van der Waals surface area contributed by atoms with Gasteiger partial charge in [-0.15, -0.1) is 22.7 Å². The number of hydrogen-bond acceptors (Lipinski definition) is 4. The molecule has 3 heterocycles. The summed E-state index contributed by atoms with van der Waals surface area (Å²) in [5.41, 5.74) is 1.32. The van der Waals surface area contributed by atoms with Crippen molar-refractivity contribution in [2.24, 2.45) is 0 Å². The maximum Gasteiger partial charge on any atom is 0.321 e. The third-order valence-electron chi connectivity index (χ3n) is 3.87. The van der Waals surface area contributed by atoms with E-state index in [1.165, 1.54) is 27.3 Å². The Morgan fingerprint density at radius 1 is 1.32 bits per heavy atom. The molecule has 0 radical (unpaired) electrons. The molecule has 1 aliphatic rings. The average molecular weight is 336 g/mol. The van der Waals surface area contributed by atoms with Gasteiger partial charge in [-0.3, -0.25) is 10.1 Å². The molecule has 2 aromatic heterocycles. The predicted octanol–water partition coefficient (Wildman–Crippen LogP) is 0.796. The molecule has 0 saturated carbocycles. The van der Waals surface area contributed by atoms with Gasteiger partial charge in [-0.05, 0) is 22.9 Å². The van der Waals surface area contributed by atoms with Crippen LogP contribution in [0.3, 0.4) is 0 Å². The fraction of sp³-hybridized carbons (Fsp3) is 0.333. The quantitative estimate of drug-likeness (QED) is 0.776. The van der Waals surface area contributed by atoms with Crippen LogP contribution in [-0.2, 0) is 11.2 Å². The van der Waals surface area contributed by atoms with Crippen molar-refractivity contribution >= 4 is 34.6 Å². The second-order valence-corrected chi connectivity index (χ2v) is 7.19. The van der Waals surface area contributed by atoms with Crippen LogP contribution in [0.15, 0.2) is 29.0 Å². The molecule has 1 unspecified atom stereocenters. The third kappa shape index (κ3) is 3.06. The number of carbonyl (C=O) groups excluding carboxylic acids is 2. The molecule has 3 N–H and O–H groups in total. The van der Waals surface area contributed by atoms with Gasteiger partial charge in [-0.25, -0.2) is 4.79 Å². The Bertz CT molecular complexity index is 666. The number of quaternary nitrogens is 1. The van der Waals surface area contributed by atoms with Crippen molar-refractivity contribution in [3.05, 3.63) is 44.3 Å². The molecule has 2 atom stereocenters. The van der Waals surface area contributed by atoms with Crippen LogP contribution in [0.5, 0.6) is 0 Å². The molecule has 0 aliphatic carbocycles. The number of amides is 3. The summed E-state index contributed by atoms with van der Waals surface area (Å²) in [5, 5.41) is 8.96. The monoisotopic (exact) mass is 336 g/mol. The van der Waals surface area contributed by atoms with E-state index < -0.39 is 6.03 Å². The summed E-state index contributed by atoms with van der Waals surface area (Å²) in [7, 11) is 1.50. The smallest absolute Gasteiger partial charge is 0.321 e. The lowest BCUT2D eigenvalue weighted by molar-refractivity contribution is -0.919. The van der Waals surface area contributed by atoms with Crippen molar-refractivity contribution in [1.82, 2.24) is 10.6 Å². The molecule has 5 nitrogen and oxygen atoms in total. The van der Waals surface area contributed by atoms with Crippen molar-refractivity contribution < 1.29 is 14.5 Å². The minimum Gasteiger partial charge on any atom is -0.341 e. The van der Waals surface area contributed by atoms with Crippen LogP contribution in [0.25, 0.3) is 0 Å². The summed E-state index contributed by atoms with van der Waals surface area (Å²) < 4.78 is 0. The number of fused-ring (bicyclic) bond motifs is 1.